The normalized spacial score (nSPS) is 17.7. The van der Waals surface area contributed by atoms with E-state index >= 15 is 0 Å². The zero-order chi connectivity index (χ0) is 12.4. The van der Waals surface area contributed by atoms with Gasteiger partial charge in [0.05, 0.1) is 0 Å². The Morgan fingerprint density at radius 1 is 1.17 bits per heavy atom. The van der Waals surface area contributed by atoms with Gasteiger partial charge in [-0.15, -0.1) is 6.58 Å². The second kappa shape index (κ2) is 4.81. The van der Waals surface area contributed by atoms with Crippen molar-refractivity contribution in [1.29, 1.82) is 0 Å². The molecule has 1 aliphatic carbocycles. The first kappa shape index (κ1) is 11.3. The first-order valence-corrected chi connectivity index (χ1v) is 6.68. The lowest BCUT2D eigenvalue weighted by molar-refractivity contribution is 0.637. The highest BCUT2D eigenvalue weighted by Crippen LogP contribution is 2.35. The molecule has 0 fully saturated rings. The summed E-state index contributed by atoms with van der Waals surface area (Å²) in [7, 11) is 0. The van der Waals surface area contributed by atoms with Crippen LogP contribution in [0.5, 0.6) is 0 Å². The lowest BCUT2D eigenvalue weighted by Gasteiger charge is -2.22. The van der Waals surface area contributed by atoms with E-state index in [1.54, 1.807) is 0 Å². The molecule has 0 radical (unpaired) electrons. The van der Waals surface area contributed by atoms with E-state index in [1.807, 2.05) is 6.08 Å². The Labute approximate surface area is 109 Å². The molecule has 2 aromatic rings. The van der Waals surface area contributed by atoms with E-state index < -0.39 is 0 Å². The minimum atomic E-state index is 0.660. The van der Waals surface area contributed by atoms with Crippen LogP contribution in [0.1, 0.15) is 36.3 Å². The minimum absolute atomic E-state index is 0.660. The molecule has 0 amide bonds. The Morgan fingerprint density at radius 2 is 1.94 bits per heavy atom. The standard InChI is InChI=1S/C18H18/c1-2-3-7-14-10-6-11-17-12-15-8-4-5-9-16(15)13-18(14)17/h2,4-6,8-9,11-14H,1,3,7,10H2. The highest BCUT2D eigenvalue weighted by Gasteiger charge is 2.16. The van der Waals surface area contributed by atoms with Gasteiger partial charge in [0, 0.05) is 0 Å². The van der Waals surface area contributed by atoms with Gasteiger partial charge in [-0.2, -0.15) is 0 Å². The van der Waals surface area contributed by atoms with Gasteiger partial charge in [0.25, 0.3) is 0 Å². The molecule has 0 heteroatoms. The van der Waals surface area contributed by atoms with Crippen molar-refractivity contribution < 1.29 is 0 Å². The largest absolute Gasteiger partial charge is 0.103 e. The zero-order valence-electron chi connectivity index (χ0n) is 10.6. The molecule has 1 atom stereocenters. The van der Waals surface area contributed by atoms with Gasteiger partial charge < -0.3 is 0 Å². The highest BCUT2D eigenvalue weighted by molar-refractivity contribution is 5.86. The third kappa shape index (κ3) is 1.99. The van der Waals surface area contributed by atoms with Gasteiger partial charge in [0.2, 0.25) is 0 Å². The molecule has 0 nitrogen and oxygen atoms in total. The van der Waals surface area contributed by atoms with Crippen molar-refractivity contribution in [3.63, 3.8) is 0 Å². The molecule has 0 aliphatic heterocycles. The molecule has 1 aliphatic rings. The van der Waals surface area contributed by atoms with Crippen LogP contribution in [-0.2, 0) is 0 Å². The minimum Gasteiger partial charge on any atom is -0.103 e. The molecule has 90 valence electrons. The van der Waals surface area contributed by atoms with E-state index in [2.05, 4.69) is 55.1 Å². The van der Waals surface area contributed by atoms with Gasteiger partial charge in [0.15, 0.2) is 0 Å². The SMILES string of the molecule is C=CCCC1CC=Cc2cc3ccccc3cc21. The summed E-state index contributed by atoms with van der Waals surface area (Å²) >= 11 is 0. The molecule has 0 aromatic heterocycles. The Bertz CT molecular complexity index is 604. The lowest BCUT2D eigenvalue weighted by atomic mass is 9.83. The van der Waals surface area contributed by atoms with Gasteiger partial charge in [-0.05, 0) is 53.1 Å². The molecule has 18 heavy (non-hydrogen) atoms. The lowest BCUT2D eigenvalue weighted by Crippen LogP contribution is -2.03. The zero-order valence-corrected chi connectivity index (χ0v) is 10.6. The van der Waals surface area contributed by atoms with Crippen LogP contribution in [0.25, 0.3) is 16.8 Å². The fourth-order valence-corrected chi connectivity index (χ4v) is 2.85. The maximum atomic E-state index is 3.83. The summed E-state index contributed by atoms with van der Waals surface area (Å²) < 4.78 is 0. The molecular formula is C18H18. The topological polar surface area (TPSA) is 0 Å². The average Bonchev–Trinajstić information content (AvgIpc) is 2.43. The average molecular weight is 234 g/mol. The smallest absolute Gasteiger partial charge is 0.0118 e. The van der Waals surface area contributed by atoms with Crippen LogP contribution in [0.4, 0.5) is 0 Å². The second-order valence-electron chi connectivity index (χ2n) is 5.03. The van der Waals surface area contributed by atoms with Crippen molar-refractivity contribution in [3.8, 4) is 0 Å². The molecule has 0 saturated carbocycles. The molecular weight excluding hydrogens is 216 g/mol. The van der Waals surface area contributed by atoms with Crippen LogP contribution >= 0.6 is 0 Å². The van der Waals surface area contributed by atoms with E-state index in [1.165, 1.54) is 34.7 Å². The Hall–Kier alpha value is -1.82. The molecule has 0 heterocycles. The summed E-state index contributed by atoms with van der Waals surface area (Å²) in [5.74, 6) is 0.660. The van der Waals surface area contributed by atoms with Gasteiger partial charge >= 0.3 is 0 Å². The number of fused-ring (bicyclic) bond motifs is 2. The molecule has 0 N–H and O–H groups in total. The second-order valence-corrected chi connectivity index (χ2v) is 5.03. The van der Waals surface area contributed by atoms with Crippen molar-refractivity contribution in [2.24, 2.45) is 0 Å². The van der Waals surface area contributed by atoms with Crippen molar-refractivity contribution in [3.05, 3.63) is 66.3 Å². The summed E-state index contributed by atoms with van der Waals surface area (Å²) in [5, 5.41) is 2.69. The number of hydrogen-bond acceptors (Lipinski definition) is 0. The number of benzene rings is 2. The quantitative estimate of drug-likeness (QED) is 0.632. The monoisotopic (exact) mass is 234 g/mol. The van der Waals surface area contributed by atoms with E-state index in [0.29, 0.717) is 5.92 Å². The number of hydrogen-bond donors (Lipinski definition) is 0. The first-order chi connectivity index (χ1) is 8.88. The summed E-state index contributed by atoms with van der Waals surface area (Å²) in [6.45, 7) is 3.83. The van der Waals surface area contributed by atoms with Crippen molar-refractivity contribution in [1.82, 2.24) is 0 Å². The summed E-state index contributed by atoms with van der Waals surface area (Å²) in [6.07, 6.45) is 10.1. The fraction of sp³-hybridized carbons (Fsp3) is 0.222. The van der Waals surface area contributed by atoms with Crippen LogP contribution in [-0.4, -0.2) is 0 Å². The van der Waals surface area contributed by atoms with Crippen LogP contribution < -0.4 is 0 Å². The van der Waals surface area contributed by atoms with Crippen LogP contribution in [0.3, 0.4) is 0 Å². The predicted molar refractivity (Wildman–Crippen MR) is 79.8 cm³/mol. The first-order valence-electron chi connectivity index (χ1n) is 6.68. The van der Waals surface area contributed by atoms with Gasteiger partial charge in [-0.3, -0.25) is 0 Å². The maximum absolute atomic E-state index is 3.83. The Balaban J connectivity index is 2.08. The Kier molecular flexibility index (Phi) is 3.02. The van der Waals surface area contributed by atoms with E-state index in [0.717, 1.165) is 6.42 Å². The maximum Gasteiger partial charge on any atom is -0.0118 e. The number of allylic oxidation sites excluding steroid dienone is 2. The summed E-state index contributed by atoms with van der Waals surface area (Å²) in [5.41, 5.74) is 2.91. The van der Waals surface area contributed by atoms with E-state index in [-0.39, 0.29) is 0 Å². The van der Waals surface area contributed by atoms with Gasteiger partial charge in [0.1, 0.15) is 0 Å². The third-order valence-corrected chi connectivity index (χ3v) is 3.83. The van der Waals surface area contributed by atoms with Crippen molar-refractivity contribution in [2.75, 3.05) is 0 Å². The van der Waals surface area contributed by atoms with Crippen molar-refractivity contribution >= 4 is 16.8 Å². The number of rotatable bonds is 3. The van der Waals surface area contributed by atoms with Crippen LogP contribution in [0.15, 0.2) is 55.1 Å². The van der Waals surface area contributed by atoms with E-state index in [9.17, 15) is 0 Å². The van der Waals surface area contributed by atoms with Crippen molar-refractivity contribution in [2.45, 2.75) is 25.2 Å². The fourth-order valence-electron chi connectivity index (χ4n) is 2.85. The molecule has 1 unspecified atom stereocenters. The summed E-state index contributed by atoms with van der Waals surface area (Å²) in [4.78, 5) is 0. The molecule has 0 bridgehead atoms. The van der Waals surface area contributed by atoms with Crippen LogP contribution in [0.2, 0.25) is 0 Å². The molecule has 2 aromatic carbocycles. The molecule has 3 rings (SSSR count). The van der Waals surface area contributed by atoms with E-state index in [4.69, 9.17) is 0 Å². The third-order valence-electron chi connectivity index (χ3n) is 3.83. The molecule has 0 spiro atoms. The predicted octanol–water partition coefficient (Wildman–Crippen LogP) is 5.31. The highest BCUT2D eigenvalue weighted by atomic mass is 14.2. The van der Waals surface area contributed by atoms with Gasteiger partial charge in [-0.25, -0.2) is 0 Å². The molecule has 0 saturated heterocycles. The van der Waals surface area contributed by atoms with Gasteiger partial charge in [-0.1, -0.05) is 48.6 Å². The summed E-state index contributed by atoms with van der Waals surface area (Å²) in [6, 6.07) is 13.3. The Morgan fingerprint density at radius 3 is 2.72 bits per heavy atom. The van der Waals surface area contributed by atoms with Crippen LogP contribution in [0, 0.1) is 0 Å².